The Morgan fingerprint density at radius 1 is 1.53 bits per heavy atom. The summed E-state index contributed by atoms with van der Waals surface area (Å²) in [5.74, 6) is 0. The highest BCUT2D eigenvalue weighted by molar-refractivity contribution is 9.10. The van der Waals surface area contributed by atoms with Gasteiger partial charge in [-0.05, 0) is 53.7 Å². The van der Waals surface area contributed by atoms with Gasteiger partial charge >= 0.3 is 0 Å². The topological polar surface area (TPSA) is 38.0 Å². The molecule has 0 aromatic carbocycles. The van der Waals surface area contributed by atoms with Crippen LogP contribution in [-0.2, 0) is 26.3 Å². The molecule has 0 radical (unpaired) electrons. The van der Waals surface area contributed by atoms with E-state index in [1.165, 1.54) is 29.7 Å². The molecule has 2 aromatic heterocycles. The Kier molecular flexibility index (Phi) is 3.53. The van der Waals surface area contributed by atoms with Gasteiger partial charge in [0.2, 0.25) is 0 Å². The Morgan fingerprint density at radius 2 is 2.32 bits per heavy atom. The van der Waals surface area contributed by atoms with Crippen molar-refractivity contribution in [2.24, 2.45) is 7.05 Å². The van der Waals surface area contributed by atoms with Gasteiger partial charge in [-0.1, -0.05) is 0 Å². The van der Waals surface area contributed by atoms with Crippen LogP contribution in [0.25, 0.3) is 0 Å². The number of aliphatic hydroxyl groups is 1. The molecule has 1 unspecified atom stereocenters. The van der Waals surface area contributed by atoms with Crippen molar-refractivity contribution in [3.8, 4) is 0 Å². The molecule has 1 N–H and O–H groups in total. The van der Waals surface area contributed by atoms with Crippen LogP contribution in [0.15, 0.2) is 10.5 Å². The third kappa shape index (κ3) is 2.39. The van der Waals surface area contributed by atoms with Gasteiger partial charge in [-0.2, -0.15) is 5.10 Å². The van der Waals surface area contributed by atoms with Crippen LogP contribution in [0, 0.1) is 6.92 Å². The summed E-state index contributed by atoms with van der Waals surface area (Å²) in [5, 5.41) is 14.8. The molecule has 0 fully saturated rings. The van der Waals surface area contributed by atoms with E-state index in [9.17, 15) is 5.11 Å². The Morgan fingerprint density at radius 3 is 2.95 bits per heavy atom. The lowest BCUT2D eigenvalue weighted by atomic mass is 10.1. The molecule has 0 saturated heterocycles. The van der Waals surface area contributed by atoms with Crippen LogP contribution in [-0.4, -0.2) is 14.9 Å². The van der Waals surface area contributed by atoms with Gasteiger partial charge in [-0.25, -0.2) is 0 Å². The van der Waals surface area contributed by atoms with Gasteiger partial charge in [0.15, 0.2) is 0 Å². The van der Waals surface area contributed by atoms with Gasteiger partial charge in [0.25, 0.3) is 0 Å². The highest BCUT2D eigenvalue weighted by Crippen LogP contribution is 2.35. The fraction of sp³-hybridized carbons (Fsp3) is 0.500. The van der Waals surface area contributed by atoms with Crippen LogP contribution in [0.3, 0.4) is 0 Å². The van der Waals surface area contributed by atoms with Crippen molar-refractivity contribution in [3.05, 3.63) is 37.2 Å². The third-order valence-electron chi connectivity index (χ3n) is 3.74. The minimum Gasteiger partial charge on any atom is -0.387 e. The number of fused-ring (bicyclic) bond motifs is 1. The zero-order valence-corrected chi connectivity index (χ0v) is 13.5. The number of aromatic nitrogens is 2. The first-order chi connectivity index (χ1) is 9.06. The number of halogens is 1. The lowest BCUT2D eigenvalue weighted by molar-refractivity contribution is 0.179. The maximum Gasteiger partial charge on any atom is 0.0937 e. The van der Waals surface area contributed by atoms with E-state index < -0.39 is 6.10 Å². The normalized spacial score (nSPS) is 15.8. The van der Waals surface area contributed by atoms with Crippen molar-refractivity contribution in [3.63, 3.8) is 0 Å². The zero-order chi connectivity index (χ0) is 13.6. The minimum atomic E-state index is -0.429. The van der Waals surface area contributed by atoms with Crippen molar-refractivity contribution in [2.75, 3.05) is 0 Å². The van der Waals surface area contributed by atoms with Crippen LogP contribution in [0.4, 0.5) is 0 Å². The number of nitrogens with zero attached hydrogens (tertiary/aromatic N) is 2. The van der Waals surface area contributed by atoms with Crippen molar-refractivity contribution < 1.29 is 5.11 Å². The number of aliphatic hydroxyl groups excluding tert-OH is 1. The smallest absolute Gasteiger partial charge is 0.0937 e. The van der Waals surface area contributed by atoms with Gasteiger partial charge in [-0.15, -0.1) is 11.3 Å². The van der Waals surface area contributed by atoms with Crippen LogP contribution in [0.1, 0.15) is 39.2 Å². The molecule has 2 aromatic rings. The molecular weight excluding hydrogens is 324 g/mol. The molecule has 0 amide bonds. The van der Waals surface area contributed by atoms with Crippen LogP contribution >= 0.6 is 27.3 Å². The fourth-order valence-corrected chi connectivity index (χ4v) is 4.44. The lowest BCUT2D eigenvalue weighted by Gasteiger charge is -2.09. The summed E-state index contributed by atoms with van der Waals surface area (Å²) in [5.41, 5.74) is 3.47. The van der Waals surface area contributed by atoms with E-state index in [1.54, 1.807) is 11.3 Å². The summed E-state index contributed by atoms with van der Waals surface area (Å²) >= 11 is 5.33. The number of hydrogen-bond acceptors (Lipinski definition) is 3. The Hall–Kier alpha value is -0.650. The second-order valence-electron chi connectivity index (χ2n) is 5.14. The second kappa shape index (κ2) is 5.04. The molecule has 3 rings (SSSR count). The summed E-state index contributed by atoms with van der Waals surface area (Å²) in [7, 11) is 1.92. The predicted molar refractivity (Wildman–Crippen MR) is 80.7 cm³/mol. The molecule has 1 atom stereocenters. The first-order valence-corrected chi connectivity index (χ1v) is 8.14. The first kappa shape index (κ1) is 13.3. The molecular formula is C14H17BrN2OS. The number of rotatable bonds is 3. The quantitative estimate of drug-likeness (QED) is 0.930. The lowest BCUT2D eigenvalue weighted by Crippen LogP contribution is -2.05. The van der Waals surface area contributed by atoms with E-state index in [-0.39, 0.29) is 0 Å². The number of aryl methyl sites for hydroxylation is 4. The van der Waals surface area contributed by atoms with E-state index in [4.69, 9.17) is 0 Å². The molecule has 0 saturated carbocycles. The average molecular weight is 341 g/mol. The fourth-order valence-electron chi connectivity index (χ4n) is 2.70. The predicted octanol–water partition coefficient (Wildman–Crippen LogP) is 3.32. The standard InChI is InChI=1S/C14H17BrN2OS/c1-8-14(15)10(17(2)16-8)7-11(18)13-6-9-4-3-5-12(9)19-13/h6,11,18H,3-5,7H2,1-2H3. The summed E-state index contributed by atoms with van der Waals surface area (Å²) in [6, 6.07) is 2.19. The largest absolute Gasteiger partial charge is 0.387 e. The van der Waals surface area contributed by atoms with Crippen molar-refractivity contribution in [1.29, 1.82) is 0 Å². The SMILES string of the molecule is Cc1nn(C)c(CC(O)c2cc3c(s2)CCC3)c1Br. The Bertz CT molecular complexity index is 596. The molecule has 1 aliphatic carbocycles. The van der Waals surface area contributed by atoms with Gasteiger partial charge in [-0.3, -0.25) is 4.68 Å². The maximum atomic E-state index is 10.4. The molecule has 0 bridgehead atoms. The molecule has 0 aliphatic heterocycles. The number of hydrogen-bond donors (Lipinski definition) is 1. The molecule has 5 heteroatoms. The molecule has 3 nitrogen and oxygen atoms in total. The number of thiophene rings is 1. The van der Waals surface area contributed by atoms with E-state index in [2.05, 4.69) is 27.1 Å². The molecule has 102 valence electrons. The highest BCUT2D eigenvalue weighted by Gasteiger charge is 2.21. The van der Waals surface area contributed by atoms with Crippen LogP contribution in [0.2, 0.25) is 0 Å². The van der Waals surface area contributed by atoms with E-state index in [0.717, 1.165) is 20.7 Å². The van der Waals surface area contributed by atoms with Gasteiger partial charge in [0.05, 0.1) is 22.0 Å². The highest BCUT2D eigenvalue weighted by atomic mass is 79.9. The van der Waals surface area contributed by atoms with E-state index in [1.807, 2.05) is 18.7 Å². The minimum absolute atomic E-state index is 0.429. The van der Waals surface area contributed by atoms with Gasteiger partial charge in [0, 0.05) is 23.2 Å². The second-order valence-corrected chi connectivity index (χ2v) is 7.10. The summed E-state index contributed by atoms with van der Waals surface area (Å²) < 4.78 is 2.86. The summed E-state index contributed by atoms with van der Waals surface area (Å²) in [6.07, 6.45) is 3.80. The van der Waals surface area contributed by atoms with Gasteiger partial charge < -0.3 is 5.11 Å². The summed E-state index contributed by atoms with van der Waals surface area (Å²) in [4.78, 5) is 2.56. The van der Waals surface area contributed by atoms with E-state index >= 15 is 0 Å². The molecule has 2 heterocycles. The Balaban J connectivity index is 1.82. The van der Waals surface area contributed by atoms with Crippen LogP contribution in [0.5, 0.6) is 0 Å². The van der Waals surface area contributed by atoms with Gasteiger partial charge in [0.1, 0.15) is 0 Å². The Labute approximate surface area is 125 Å². The van der Waals surface area contributed by atoms with Crippen molar-refractivity contribution in [1.82, 2.24) is 9.78 Å². The first-order valence-electron chi connectivity index (χ1n) is 6.53. The van der Waals surface area contributed by atoms with Crippen molar-refractivity contribution >= 4 is 27.3 Å². The molecule has 0 spiro atoms. The monoisotopic (exact) mass is 340 g/mol. The summed E-state index contributed by atoms with van der Waals surface area (Å²) in [6.45, 7) is 1.97. The molecule has 19 heavy (non-hydrogen) atoms. The van der Waals surface area contributed by atoms with Crippen molar-refractivity contribution in [2.45, 2.75) is 38.7 Å². The van der Waals surface area contributed by atoms with Crippen LogP contribution < -0.4 is 0 Å². The van der Waals surface area contributed by atoms with E-state index in [0.29, 0.717) is 6.42 Å². The maximum absolute atomic E-state index is 10.4. The molecule has 1 aliphatic rings. The average Bonchev–Trinajstić information content (AvgIpc) is 2.99. The third-order valence-corrected chi connectivity index (χ3v) is 6.11. The zero-order valence-electron chi connectivity index (χ0n) is 11.1.